The Hall–Kier alpha value is -3.63. The van der Waals surface area contributed by atoms with Gasteiger partial charge in [-0.2, -0.15) is 5.10 Å². The number of hydrogen-bond donors (Lipinski definition) is 1. The Labute approximate surface area is 207 Å². The van der Waals surface area contributed by atoms with Crippen molar-refractivity contribution in [2.45, 2.75) is 44.7 Å². The molecule has 186 valence electrons. The van der Waals surface area contributed by atoms with Gasteiger partial charge in [-0.1, -0.05) is 41.6 Å². The molecule has 2 aliphatic heterocycles. The number of rotatable bonds is 5. The third-order valence-corrected chi connectivity index (χ3v) is 7.20. The van der Waals surface area contributed by atoms with Gasteiger partial charge in [0.15, 0.2) is 5.69 Å². The minimum absolute atomic E-state index is 0.105. The van der Waals surface area contributed by atoms with E-state index in [1.165, 1.54) is 6.07 Å². The molecule has 2 aromatic heterocycles. The first-order chi connectivity index (χ1) is 17.6. The molecule has 9 nitrogen and oxygen atoms in total. The molecule has 4 aromatic rings. The maximum Gasteiger partial charge on any atom is 0.272 e. The summed E-state index contributed by atoms with van der Waals surface area (Å²) in [5, 5.41) is 17.2. The molecule has 6 rings (SSSR count). The molecule has 4 heterocycles. The van der Waals surface area contributed by atoms with Crippen LogP contribution in [-0.4, -0.2) is 54.7 Å². The number of piperidine rings is 1. The Morgan fingerprint density at radius 3 is 2.75 bits per heavy atom. The average Bonchev–Trinajstić information content (AvgIpc) is 3.46. The summed E-state index contributed by atoms with van der Waals surface area (Å²) in [6.07, 6.45) is 1.33. The number of amides is 1. The Bertz CT molecular complexity index is 1410. The van der Waals surface area contributed by atoms with Crippen molar-refractivity contribution >= 4 is 16.8 Å². The fourth-order valence-corrected chi connectivity index (χ4v) is 5.19. The van der Waals surface area contributed by atoms with Gasteiger partial charge in [-0.15, -0.1) is 5.10 Å². The van der Waals surface area contributed by atoms with Crippen LogP contribution in [0.1, 0.15) is 46.4 Å². The maximum absolute atomic E-state index is 14.2. The van der Waals surface area contributed by atoms with E-state index in [1.807, 2.05) is 42.1 Å². The molecule has 1 atom stereocenters. The topological polar surface area (TPSA) is 90.1 Å². The third kappa shape index (κ3) is 4.27. The van der Waals surface area contributed by atoms with Gasteiger partial charge in [-0.25, -0.2) is 9.07 Å². The monoisotopic (exact) mass is 489 g/mol. The van der Waals surface area contributed by atoms with Crippen LogP contribution in [-0.2, 0) is 31.5 Å². The quantitative estimate of drug-likeness (QED) is 0.464. The Morgan fingerprint density at radius 2 is 1.92 bits per heavy atom. The molecule has 0 saturated carbocycles. The van der Waals surface area contributed by atoms with E-state index in [0.29, 0.717) is 31.0 Å². The smallest absolute Gasteiger partial charge is 0.272 e. The van der Waals surface area contributed by atoms with Crippen molar-refractivity contribution < 1.29 is 13.9 Å². The second kappa shape index (κ2) is 9.44. The largest absolute Gasteiger partial charge is 0.365 e. The number of aryl methyl sites for hydroxylation is 1. The van der Waals surface area contributed by atoms with Crippen LogP contribution >= 0.6 is 0 Å². The van der Waals surface area contributed by atoms with E-state index < -0.39 is 0 Å². The van der Waals surface area contributed by atoms with Crippen molar-refractivity contribution in [2.24, 2.45) is 7.05 Å². The molecular formula is C26H28FN7O2. The highest BCUT2D eigenvalue weighted by molar-refractivity contribution is 6.04. The first kappa shape index (κ1) is 22.8. The summed E-state index contributed by atoms with van der Waals surface area (Å²) in [5.74, 6) is -0.392. The van der Waals surface area contributed by atoms with Crippen molar-refractivity contribution in [3.05, 3.63) is 77.0 Å². The van der Waals surface area contributed by atoms with Crippen LogP contribution in [0.2, 0.25) is 0 Å². The van der Waals surface area contributed by atoms with Gasteiger partial charge in [-0.3, -0.25) is 14.4 Å². The molecule has 1 N–H and O–H groups in total. The average molecular weight is 490 g/mol. The highest BCUT2D eigenvalue weighted by Crippen LogP contribution is 2.29. The number of halogens is 1. The molecule has 0 bridgehead atoms. The third-order valence-electron chi connectivity index (χ3n) is 7.20. The van der Waals surface area contributed by atoms with Crippen molar-refractivity contribution in [3.63, 3.8) is 0 Å². The minimum Gasteiger partial charge on any atom is -0.365 e. The van der Waals surface area contributed by atoms with Crippen molar-refractivity contribution in [2.75, 3.05) is 13.1 Å². The zero-order chi connectivity index (χ0) is 24.6. The lowest BCUT2D eigenvalue weighted by molar-refractivity contribution is -0.00414. The lowest BCUT2D eigenvalue weighted by Crippen LogP contribution is -2.44. The van der Waals surface area contributed by atoms with Gasteiger partial charge < -0.3 is 10.1 Å². The highest BCUT2D eigenvalue weighted by Gasteiger charge is 2.29. The van der Waals surface area contributed by atoms with E-state index >= 15 is 0 Å². The molecular weight excluding hydrogens is 461 g/mol. The van der Waals surface area contributed by atoms with Crippen LogP contribution < -0.4 is 5.32 Å². The van der Waals surface area contributed by atoms with Gasteiger partial charge in [0.1, 0.15) is 17.6 Å². The number of carbonyl (C=O) groups is 1. The van der Waals surface area contributed by atoms with Crippen LogP contribution in [0.3, 0.4) is 0 Å². The fourth-order valence-electron chi connectivity index (χ4n) is 5.19. The standard InChI is InChI=1S/C26H28FN7O2/c1-32-22-9-5-3-7-19(22)25(30-32)26(35)28-17-10-12-33(13-11-17)14-21-23-16-36-24(15-34(23)31-29-21)18-6-2-4-8-20(18)27/h2-9,17,24H,10-16H2,1H3,(H,28,35)/t24-/m1/s1. The number of ether oxygens (including phenoxy) is 1. The number of aromatic nitrogens is 5. The van der Waals surface area contributed by atoms with Crippen LogP contribution in [0.15, 0.2) is 48.5 Å². The van der Waals surface area contributed by atoms with Crippen LogP contribution in [0, 0.1) is 5.82 Å². The highest BCUT2D eigenvalue weighted by atomic mass is 19.1. The van der Waals surface area contributed by atoms with Gasteiger partial charge in [-0.05, 0) is 25.0 Å². The number of benzene rings is 2. The predicted molar refractivity (Wildman–Crippen MR) is 130 cm³/mol. The van der Waals surface area contributed by atoms with E-state index in [-0.39, 0.29) is 23.9 Å². The van der Waals surface area contributed by atoms with Gasteiger partial charge >= 0.3 is 0 Å². The number of fused-ring (bicyclic) bond motifs is 2. The fraction of sp³-hybridized carbons (Fsp3) is 0.385. The summed E-state index contributed by atoms with van der Waals surface area (Å²) in [6.45, 7) is 3.16. The molecule has 1 saturated heterocycles. The number of nitrogens with one attached hydrogen (secondary N) is 1. The second-order valence-corrected chi connectivity index (χ2v) is 9.50. The molecule has 2 aliphatic rings. The van der Waals surface area contributed by atoms with Crippen LogP contribution in [0.25, 0.3) is 10.9 Å². The van der Waals surface area contributed by atoms with Gasteiger partial charge in [0.05, 0.1) is 24.4 Å². The van der Waals surface area contributed by atoms with Gasteiger partial charge in [0, 0.05) is 43.7 Å². The Balaban J connectivity index is 1.05. The molecule has 2 aromatic carbocycles. The van der Waals surface area contributed by atoms with Crippen LogP contribution in [0.4, 0.5) is 4.39 Å². The molecule has 1 fully saturated rings. The van der Waals surface area contributed by atoms with Gasteiger partial charge in [0.2, 0.25) is 0 Å². The lowest BCUT2D eigenvalue weighted by atomic mass is 10.0. The molecule has 0 unspecified atom stereocenters. The molecule has 10 heteroatoms. The zero-order valence-corrected chi connectivity index (χ0v) is 20.1. The number of nitrogens with zero attached hydrogens (tertiary/aromatic N) is 6. The molecule has 0 radical (unpaired) electrons. The lowest BCUT2D eigenvalue weighted by Gasteiger charge is -2.32. The number of likely N-dealkylation sites (tertiary alicyclic amines) is 1. The summed E-state index contributed by atoms with van der Waals surface area (Å²) in [7, 11) is 1.85. The predicted octanol–water partition coefficient (Wildman–Crippen LogP) is 2.97. The van der Waals surface area contributed by atoms with Crippen molar-refractivity contribution in [1.82, 2.24) is 35.0 Å². The van der Waals surface area contributed by atoms with E-state index in [2.05, 4.69) is 25.6 Å². The minimum atomic E-state index is -0.371. The van der Waals surface area contributed by atoms with E-state index in [1.54, 1.807) is 16.8 Å². The first-order valence-corrected chi connectivity index (χ1v) is 12.3. The Kier molecular flexibility index (Phi) is 5.98. The molecule has 0 aliphatic carbocycles. The summed E-state index contributed by atoms with van der Waals surface area (Å²) in [5.41, 5.74) is 3.80. The van der Waals surface area contributed by atoms with Crippen molar-refractivity contribution in [3.8, 4) is 0 Å². The van der Waals surface area contributed by atoms with E-state index in [4.69, 9.17) is 4.74 Å². The van der Waals surface area contributed by atoms with Gasteiger partial charge in [0.25, 0.3) is 5.91 Å². The summed E-state index contributed by atoms with van der Waals surface area (Å²) in [6, 6.07) is 14.6. The maximum atomic E-state index is 14.2. The SMILES string of the molecule is Cn1nc(C(=O)NC2CCN(Cc3nnn4c3CO[C@@H](c3ccccc3F)C4)CC2)c2ccccc21. The van der Waals surface area contributed by atoms with Crippen LogP contribution in [0.5, 0.6) is 0 Å². The van der Waals surface area contributed by atoms with E-state index in [0.717, 1.165) is 48.2 Å². The van der Waals surface area contributed by atoms with Crippen molar-refractivity contribution in [1.29, 1.82) is 0 Å². The number of hydrogen-bond acceptors (Lipinski definition) is 6. The molecule has 0 spiro atoms. The summed E-state index contributed by atoms with van der Waals surface area (Å²) in [4.78, 5) is 15.3. The normalized spacial score (nSPS) is 18.9. The molecule has 36 heavy (non-hydrogen) atoms. The number of carbonyl (C=O) groups excluding carboxylic acids is 1. The van der Waals surface area contributed by atoms with E-state index in [9.17, 15) is 9.18 Å². The Morgan fingerprint density at radius 1 is 1.14 bits per heavy atom. The second-order valence-electron chi connectivity index (χ2n) is 9.50. The summed E-state index contributed by atoms with van der Waals surface area (Å²) >= 11 is 0. The number of para-hydroxylation sites is 1. The summed E-state index contributed by atoms with van der Waals surface area (Å²) < 4.78 is 23.7. The zero-order valence-electron chi connectivity index (χ0n) is 20.1. The first-order valence-electron chi connectivity index (χ1n) is 12.3. The molecule has 1 amide bonds.